The number of aromatic nitrogens is 1. The summed E-state index contributed by atoms with van der Waals surface area (Å²) < 4.78 is 0. The minimum atomic E-state index is 0.573. The van der Waals surface area contributed by atoms with Gasteiger partial charge in [-0.25, -0.2) is 4.99 Å². The molecule has 1 aliphatic heterocycles. The molecule has 0 aliphatic carbocycles. The second-order valence-corrected chi connectivity index (χ2v) is 4.00. The Morgan fingerprint density at radius 3 is 3.07 bits per heavy atom. The highest BCUT2D eigenvalue weighted by Gasteiger charge is 2.31. The number of hydrogen-bond acceptors (Lipinski definition) is 1. The van der Waals surface area contributed by atoms with E-state index in [-0.39, 0.29) is 0 Å². The van der Waals surface area contributed by atoms with Gasteiger partial charge in [-0.15, -0.1) is 0 Å². The van der Waals surface area contributed by atoms with Crippen LogP contribution in [0.25, 0.3) is 0 Å². The zero-order valence-corrected chi connectivity index (χ0v) is 8.83. The van der Waals surface area contributed by atoms with E-state index in [9.17, 15) is 0 Å². The molecule has 0 amide bonds. The van der Waals surface area contributed by atoms with Gasteiger partial charge in [-0.2, -0.15) is 0 Å². The molecule has 2 atom stereocenters. The van der Waals surface area contributed by atoms with Crippen molar-refractivity contribution in [3.63, 3.8) is 0 Å². The Hall–Kier alpha value is -1.18. The van der Waals surface area contributed by atoms with E-state index in [0.29, 0.717) is 12.0 Å². The molecule has 74 valence electrons. The van der Waals surface area contributed by atoms with Crippen LogP contribution in [-0.2, 0) is 0 Å². The van der Waals surface area contributed by atoms with E-state index < -0.39 is 0 Å². The number of rotatable bonds is 2. The molecule has 14 heavy (non-hydrogen) atoms. The van der Waals surface area contributed by atoms with Gasteiger partial charge in [0.05, 0.1) is 5.92 Å². The minimum absolute atomic E-state index is 0.573. The number of hydrogen-bond donors (Lipinski definition) is 1. The fourth-order valence-corrected chi connectivity index (χ4v) is 2.24. The van der Waals surface area contributed by atoms with Crippen LogP contribution in [0.2, 0.25) is 0 Å². The standard InChI is InChI=1S/C12H16N2/c1-3-12-11(7-9(2)14-12)10-5-4-6-13-8-10/h4-6,8-9,11H,3,7H2,1-2H3/p+1/t9-,11+/m0/s1. The Balaban J connectivity index is 2.25. The summed E-state index contributed by atoms with van der Waals surface area (Å²) in [7, 11) is 0. The van der Waals surface area contributed by atoms with E-state index in [1.807, 2.05) is 18.5 Å². The van der Waals surface area contributed by atoms with Gasteiger partial charge in [0.2, 0.25) is 0 Å². The predicted molar refractivity (Wildman–Crippen MR) is 57.3 cm³/mol. The Kier molecular flexibility index (Phi) is 2.62. The Labute approximate surface area is 85.1 Å². The highest BCUT2D eigenvalue weighted by Crippen LogP contribution is 2.23. The van der Waals surface area contributed by atoms with Crippen LogP contribution in [0.15, 0.2) is 24.5 Å². The minimum Gasteiger partial charge on any atom is -0.264 e. The average Bonchev–Trinajstić information content (AvgIpc) is 2.61. The molecule has 0 radical (unpaired) electrons. The molecule has 0 bridgehead atoms. The predicted octanol–water partition coefficient (Wildman–Crippen LogP) is 0.889. The number of nitrogens with zero attached hydrogens (tertiary/aromatic N) is 1. The van der Waals surface area contributed by atoms with Crippen LogP contribution >= 0.6 is 0 Å². The molecular weight excluding hydrogens is 172 g/mol. The number of nitrogens with one attached hydrogen (secondary N) is 1. The summed E-state index contributed by atoms with van der Waals surface area (Å²) in [5.41, 5.74) is 2.81. The first-order chi connectivity index (χ1) is 6.81. The molecule has 2 heteroatoms. The molecule has 1 aromatic heterocycles. The first-order valence-corrected chi connectivity index (χ1v) is 5.33. The SMILES string of the molecule is CCC1=[NH+][C@@H](C)C[C@@H]1c1cccnc1. The van der Waals surface area contributed by atoms with Crippen molar-refractivity contribution in [2.24, 2.45) is 0 Å². The van der Waals surface area contributed by atoms with Crippen molar-refractivity contribution < 1.29 is 4.99 Å². The van der Waals surface area contributed by atoms with Gasteiger partial charge in [0.1, 0.15) is 6.04 Å². The molecule has 2 nitrogen and oxygen atoms in total. The van der Waals surface area contributed by atoms with E-state index in [0.717, 1.165) is 6.42 Å². The third-order valence-corrected chi connectivity index (χ3v) is 2.91. The number of pyridine rings is 1. The molecule has 0 unspecified atom stereocenters. The topological polar surface area (TPSA) is 26.9 Å². The third kappa shape index (κ3) is 1.69. The molecule has 0 saturated carbocycles. The first kappa shape index (κ1) is 9.38. The molecule has 0 fully saturated rings. The average molecular weight is 189 g/mol. The Bertz CT molecular complexity index is 329. The molecule has 2 rings (SSSR count). The fraction of sp³-hybridized carbons (Fsp3) is 0.500. The lowest BCUT2D eigenvalue weighted by molar-refractivity contribution is -0.489. The van der Waals surface area contributed by atoms with Crippen molar-refractivity contribution in [3.05, 3.63) is 30.1 Å². The van der Waals surface area contributed by atoms with Gasteiger partial charge in [0, 0.05) is 25.2 Å². The lowest BCUT2D eigenvalue weighted by Gasteiger charge is -2.07. The smallest absolute Gasteiger partial charge is 0.158 e. The van der Waals surface area contributed by atoms with Gasteiger partial charge in [0.15, 0.2) is 5.71 Å². The van der Waals surface area contributed by atoms with Gasteiger partial charge in [-0.1, -0.05) is 13.0 Å². The molecule has 0 saturated heterocycles. The second-order valence-electron chi connectivity index (χ2n) is 4.00. The first-order valence-electron chi connectivity index (χ1n) is 5.33. The largest absolute Gasteiger partial charge is 0.264 e. The molecule has 1 aliphatic rings. The Morgan fingerprint density at radius 2 is 2.43 bits per heavy atom. The highest BCUT2D eigenvalue weighted by molar-refractivity contribution is 5.86. The van der Waals surface area contributed by atoms with Crippen LogP contribution in [0.4, 0.5) is 0 Å². The molecular formula is C12H17N2+. The van der Waals surface area contributed by atoms with Crippen molar-refractivity contribution in [2.75, 3.05) is 0 Å². The fourth-order valence-electron chi connectivity index (χ4n) is 2.24. The molecule has 0 aromatic carbocycles. The maximum atomic E-state index is 4.18. The quantitative estimate of drug-likeness (QED) is 0.735. The van der Waals surface area contributed by atoms with Gasteiger partial charge in [-0.05, 0) is 18.6 Å². The molecule has 2 heterocycles. The lowest BCUT2D eigenvalue weighted by Crippen LogP contribution is -2.75. The maximum Gasteiger partial charge on any atom is 0.158 e. The summed E-state index contributed by atoms with van der Waals surface area (Å²) in [6, 6.07) is 4.80. The molecule has 1 N–H and O–H groups in total. The van der Waals surface area contributed by atoms with E-state index in [1.165, 1.54) is 17.7 Å². The van der Waals surface area contributed by atoms with Crippen LogP contribution in [0, 0.1) is 0 Å². The zero-order chi connectivity index (χ0) is 9.97. The van der Waals surface area contributed by atoms with Crippen molar-refractivity contribution in [1.82, 2.24) is 4.98 Å². The Morgan fingerprint density at radius 1 is 1.57 bits per heavy atom. The summed E-state index contributed by atoms with van der Waals surface area (Å²) in [5.74, 6) is 0.573. The van der Waals surface area contributed by atoms with Gasteiger partial charge >= 0.3 is 0 Å². The molecule has 1 aromatic rings. The third-order valence-electron chi connectivity index (χ3n) is 2.91. The van der Waals surface area contributed by atoms with Crippen LogP contribution in [0.3, 0.4) is 0 Å². The summed E-state index contributed by atoms with van der Waals surface area (Å²) in [4.78, 5) is 7.72. The van der Waals surface area contributed by atoms with Crippen molar-refractivity contribution >= 4 is 5.71 Å². The maximum absolute atomic E-state index is 4.18. The van der Waals surface area contributed by atoms with E-state index in [1.54, 1.807) is 0 Å². The van der Waals surface area contributed by atoms with Gasteiger partial charge in [-0.3, -0.25) is 4.98 Å². The van der Waals surface area contributed by atoms with Gasteiger partial charge < -0.3 is 0 Å². The summed E-state index contributed by atoms with van der Waals surface area (Å²) in [6.45, 7) is 4.45. The molecule has 0 spiro atoms. The summed E-state index contributed by atoms with van der Waals surface area (Å²) in [6.07, 6.45) is 6.14. The van der Waals surface area contributed by atoms with Crippen LogP contribution < -0.4 is 4.99 Å². The normalized spacial score (nSPS) is 26.3. The lowest BCUT2D eigenvalue weighted by atomic mass is 9.92. The van der Waals surface area contributed by atoms with Gasteiger partial charge in [0.25, 0.3) is 0 Å². The van der Waals surface area contributed by atoms with Crippen molar-refractivity contribution in [2.45, 2.75) is 38.6 Å². The van der Waals surface area contributed by atoms with E-state index >= 15 is 0 Å². The van der Waals surface area contributed by atoms with E-state index in [2.05, 4.69) is 29.9 Å². The van der Waals surface area contributed by atoms with Crippen LogP contribution in [-0.4, -0.2) is 16.7 Å². The van der Waals surface area contributed by atoms with Crippen LogP contribution in [0.5, 0.6) is 0 Å². The van der Waals surface area contributed by atoms with Crippen LogP contribution in [0.1, 0.15) is 38.2 Å². The zero-order valence-electron chi connectivity index (χ0n) is 8.83. The second kappa shape index (κ2) is 3.91. The monoisotopic (exact) mass is 189 g/mol. The van der Waals surface area contributed by atoms with Crippen molar-refractivity contribution in [1.29, 1.82) is 0 Å². The van der Waals surface area contributed by atoms with E-state index in [4.69, 9.17) is 0 Å². The summed E-state index contributed by atoms with van der Waals surface area (Å²) >= 11 is 0. The van der Waals surface area contributed by atoms with Crippen molar-refractivity contribution in [3.8, 4) is 0 Å². The summed E-state index contributed by atoms with van der Waals surface area (Å²) in [5, 5.41) is 0. The highest BCUT2D eigenvalue weighted by atomic mass is 14.8.